The van der Waals surface area contributed by atoms with Crippen LogP contribution < -0.4 is 10.1 Å². The van der Waals surface area contributed by atoms with Gasteiger partial charge in [0.2, 0.25) is 5.91 Å². The van der Waals surface area contributed by atoms with Crippen LogP contribution in [0.25, 0.3) is 0 Å². The first-order chi connectivity index (χ1) is 13.6. The first-order valence-corrected chi connectivity index (χ1v) is 10.2. The second kappa shape index (κ2) is 9.47. The fraction of sp³-hybridized carbons (Fsp3) is 0.222. The molecule has 1 N–H and O–H groups in total. The maximum atomic E-state index is 13.7. The zero-order chi connectivity index (χ0) is 19.9. The molecule has 0 aliphatic rings. The lowest BCUT2D eigenvalue weighted by molar-refractivity contribution is -0.113. The summed E-state index contributed by atoms with van der Waals surface area (Å²) in [7, 11) is 0. The van der Waals surface area contributed by atoms with E-state index < -0.39 is 5.82 Å². The van der Waals surface area contributed by atoms with E-state index in [9.17, 15) is 9.18 Å². The molecule has 0 unspecified atom stereocenters. The Bertz CT molecular complexity index is 973. The summed E-state index contributed by atoms with van der Waals surface area (Å²) in [6.07, 6.45) is 1.69. The summed E-state index contributed by atoms with van der Waals surface area (Å²) in [6.45, 7) is 6.09. The number of ether oxygens (including phenoxy) is 1. The molecule has 2 aromatic heterocycles. The fourth-order valence-electron chi connectivity index (χ4n) is 2.25. The Kier molecular flexibility index (Phi) is 6.77. The molecule has 3 aromatic rings. The Hall–Kier alpha value is -2.72. The van der Waals surface area contributed by atoms with E-state index >= 15 is 0 Å². The molecular formula is C18H18FN5O2S2. The number of amides is 1. The summed E-state index contributed by atoms with van der Waals surface area (Å²) >= 11 is 2.62. The molecule has 3 rings (SSSR count). The number of para-hydroxylation sites is 1. The first-order valence-electron chi connectivity index (χ1n) is 8.32. The third kappa shape index (κ3) is 5.17. The van der Waals surface area contributed by atoms with Gasteiger partial charge in [0.25, 0.3) is 0 Å². The van der Waals surface area contributed by atoms with Crippen molar-refractivity contribution in [2.24, 2.45) is 0 Å². The van der Waals surface area contributed by atoms with Gasteiger partial charge in [-0.1, -0.05) is 30.0 Å². The summed E-state index contributed by atoms with van der Waals surface area (Å²) in [4.78, 5) is 16.3. The molecule has 0 saturated heterocycles. The van der Waals surface area contributed by atoms with Crippen LogP contribution in [-0.2, 0) is 17.9 Å². The highest BCUT2D eigenvalue weighted by molar-refractivity contribution is 7.99. The highest BCUT2D eigenvalue weighted by Crippen LogP contribution is 2.21. The number of rotatable bonds is 9. The Balaban J connectivity index is 1.62. The van der Waals surface area contributed by atoms with Crippen molar-refractivity contribution in [1.29, 1.82) is 0 Å². The number of halogens is 1. The van der Waals surface area contributed by atoms with Gasteiger partial charge in [-0.2, -0.15) is 0 Å². The van der Waals surface area contributed by atoms with Gasteiger partial charge in [0.05, 0.1) is 11.4 Å². The van der Waals surface area contributed by atoms with Crippen molar-refractivity contribution >= 4 is 34.1 Å². The number of anilines is 1. The summed E-state index contributed by atoms with van der Waals surface area (Å²) < 4.78 is 21.0. The van der Waals surface area contributed by atoms with Crippen LogP contribution in [0.5, 0.6) is 5.75 Å². The molecule has 0 saturated carbocycles. The van der Waals surface area contributed by atoms with Crippen molar-refractivity contribution in [2.45, 2.75) is 25.2 Å². The van der Waals surface area contributed by atoms with Crippen molar-refractivity contribution in [3.8, 4) is 5.75 Å². The Morgan fingerprint density at radius 1 is 1.43 bits per heavy atom. The lowest BCUT2D eigenvalue weighted by Crippen LogP contribution is -2.15. The highest BCUT2D eigenvalue weighted by Gasteiger charge is 2.15. The Morgan fingerprint density at radius 2 is 2.25 bits per heavy atom. The fourth-order valence-corrected chi connectivity index (χ4v) is 3.72. The summed E-state index contributed by atoms with van der Waals surface area (Å²) in [6, 6.07) is 6.16. The minimum atomic E-state index is -0.444. The number of nitrogens with zero attached hydrogens (tertiary/aromatic N) is 4. The maximum Gasteiger partial charge on any atom is 0.236 e. The molecule has 7 nitrogen and oxygen atoms in total. The molecule has 10 heteroatoms. The second-order valence-corrected chi connectivity index (χ2v) is 7.45. The number of hydrogen-bond acceptors (Lipinski definition) is 7. The van der Waals surface area contributed by atoms with E-state index in [2.05, 4.69) is 27.1 Å². The van der Waals surface area contributed by atoms with Crippen LogP contribution in [0.3, 0.4) is 0 Å². The predicted octanol–water partition coefficient (Wildman–Crippen LogP) is 3.68. The van der Waals surface area contributed by atoms with Gasteiger partial charge in [0, 0.05) is 11.9 Å². The second-order valence-electron chi connectivity index (χ2n) is 5.65. The molecule has 0 atom stereocenters. The number of thioether (sulfide) groups is 1. The van der Waals surface area contributed by atoms with Crippen LogP contribution in [0.4, 0.5) is 9.52 Å². The molecule has 1 aromatic carbocycles. The van der Waals surface area contributed by atoms with Crippen LogP contribution in [0.15, 0.2) is 47.5 Å². The molecule has 0 spiro atoms. The molecule has 146 valence electrons. The number of thiazole rings is 1. The minimum absolute atomic E-state index is 0.0485. The predicted molar refractivity (Wildman–Crippen MR) is 107 cm³/mol. The number of hydrogen-bond donors (Lipinski definition) is 1. The van der Waals surface area contributed by atoms with Gasteiger partial charge in [0.1, 0.15) is 6.61 Å². The molecule has 2 heterocycles. The van der Waals surface area contributed by atoms with Gasteiger partial charge in [0.15, 0.2) is 27.7 Å². The van der Waals surface area contributed by atoms with Crippen LogP contribution in [0, 0.1) is 12.7 Å². The van der Waals surface area contributed by atoms with Crippen molar-refractivity contribution in [1.82, 2.24) is 19.7 Å². The summed E-state index contributed by atoms with van der Waals surface area (Å²) in [5.41, 5.74) is 0.859. The SMILES string of the molecule is C=CCn1c(COc2ccccc2F)nnc1SCC(=O)Nc1nc(C)cs1. The summed E-state index contributed by atoms with van der Waals surface area (Å²) in [5, 5.41) is 13.9. The van der Waals surface area contributed by atoms with Gasteiger partial charge in [-0.25, -0.2) is 9.37 Å². The zero-order valence-electron chi connectivity index (χ0n) is 15.1. The summed E-state index contributed by atoms with van der Waals surface area (Å²) in [5.74, 6) is 0.185. The van der Waals surface area contributed by atoms with E-state index in [1.54, 1.807) is 28.8 Å². The van der Waals surface area contributed by atoms with E-state index in [1.165, 1.54) is 29.2 Å². The first kappa shape index (κ1) is 20.0. The van der Waals surface area contributed by atoms with E-state index in [0.29, 0.717) is 22.7 Å². The number of allylic oxidation sites excluding steroid dienone is 1. The van der Waals surface area contributed by atoms with Crippen LogP contribution >= 0.6 is 23.1 Å². The molecule has 0 fully saturated rings. The van der Waals surface area contributed by atoms with E-state index in [-0.39, 0.29) is 24.0 Å². The van der Waals surface area contributed by atoms with Crippen molar-refractivity contribution in [3.05, 3.63) is 59.6 Å². The quantitative estimate of drug-likeness (QED) is 0.421. The largest absolute Gasteiger partial charge is 0.483 e. The van der Waals surface area contributed by atoms with Crippen LogP contribution in [-0.4, -0.2) is 31.4 Å². The van der Waals surface area contributed by atoms with E-state index in [4.69, 9.17) is 4.74 Å². The molecular weight excluding hydrogens is 401 g/mol. The number of carbonyl (C=O) groups excluding carboxylic acids is 1. The molecule has 28 heavy (non-hydrogen) atoms. The normalized spacial score (nSPS) is 10.6. The highest BCUT2D eigenvalue weighted by atomic mass is 32.2. The standard InChI is InChI=1S/C18H18FN5O2S2/c1-3-8-24-15(9-26-14-7-5-4-6-13(14)19)22-23-18(24)28-11-16(25)21-17-20-12(2)10-27-17/h3-7,10H,1,8-9,11H2,2H3,(H,20,21,25). The Labute approximate surface area is 169 Å². The van der Waals surface area contributed by atoms with Gasteiger partial charge in [-0.05, 0) is 19.1 Å². The number of benzene rings is 1. The molecule has 1 amide bonds. The van der Waals surface area contributed by atoms with Crippen molar-refractivity contribution in [3.63, 3.8) is 0 Å². The molecule has 0 aliphatic heterocycles. The van der Waals surface area contributed by atoms with Crippen molar-refractivity contribution in [2.75, 3.05) is 11.1 Å². The van der Waals surface area contributed by atoms with Crippen molar-refractivity contribution < 1.29 is 13.9 Å². The zero-order valence-corrected chi connectivity index (χ0v) is 16.7. The van der Waals surface area contributed by atoms with E-state index in [0.717, 1.165) is 5.69 Å². The monoisotopic (exact) mass is 419 g/mol. The van der Waals surface area contributed by atoms with Gasteiger partial charge >= 0.3 is 0 Å². The number of carbonyl (C=O) groups is 1. The minimum Gasteiger partial charge on any atom is -0.483 e. The van der Waals surface area contributed by atoms with Gasteiger partial charge < -0.3 is 10.1 Å². The van der Waals surface area contributed by atoms with Gasteiger partial charge in [-0.15, -0.1) is 28.1 Å². The lowest BCUT2D eigenvalue weighted by atomic mass is 10.3. The van der Waals surface area contributed by atoms with E-state index in [1.807, 2.05) is 12.3 Å². The Morgan fingerprint density at radius 3 is 2.96 bits per heavy atom. The third-order valence-electron chi connectivity index (χ3n) is 3.50. The topological polar surface area (TPSA) is 81.9 Å². The maximum absolute atomic E-state index is 13.7. The third-order valence-corrected chi connectivity index (χ3v) is 5.34. The number of aryl methyl sites for hydroxylation is 1. The van der Waals surface area contributed by atoms with Gasteiger partial charge in [-0.3, -0.25) is 9.36 Å². The average molecular weight is 420 g/mol. The van der Waals surface area contributed by atoms with Crippen LogP contribution in [0.1, 0.15) is 11.5 Å². The number of nitrogens with one attached hydrogen (secondary N) is 1. The molecule has 0 bridgehead atoms. The average Bonchev–Trinajstić information content (AvgIpc) is 3.26. The lowest BCUT2D eigenvalue weighted by Gasteiger charge is -2.09. The smallest absolute Gasteiger partial charge is 0.236 e. The molecule has 0 radical (unpaired) electrons. The molecule has 0 aliphatic carbocycles. The number of aromatic nitrogens is 4. The van der Waals surface area contributed by atoms with Crippen LogP contribution in [0.2, 0.25) is 0 Å².